The second kappa shape index (κ2) is 8.99. The van der Waals surface area contributed by atoms with Gasteiger partial charge in [0.1, 0.15) is 0 Å². The molecule has 9 heteroatoms. The molecule has 2 aliphatic rings. The van der Waals surface area contributed by atoms with Crippen molar-refractivity contribution in [1.82, 2.24) is 19.7 Å². The minimum atomic E-state index is -0.118. The first kappa shape index (κ1) is 19.9. The number of hydrogen-bond acceptors (Lipinski definition) is 7. The first-order valence-electron chi connectivity index (χ1n) is 10.3. The summed E-state index contributed by atoms with van der Waals surface area (Å²) >= 11 is 1.38. The number of aromatic nitrogens is 3. The summed E-state index contributed by atoms with van der Waals surface area (Å²) in [5.41, 5.74) is 1.68. The molecule has 0 unspecified atom stereocenters. The molecule has 3 heterocycles. The van der Waals surface area contributed by atoms with Crippen LogP contribution in [0.15, 0.2) is 53.7 Å². The Kier molecular flexibility index (Phi) is 5.77. The highest BCUT2D eigenvalue weighted by Crippen LogP contribution is 2.34. The van der Waals surface area contributed by atoms with E-state index in [1.165, 1.54) is 24.6 Å². The van der Waals surface area contributed by atoms with Gasteiger partial charge in [-0.15, -0.1) is 10.2 Å². The van der Waals surface area contributed by atoms with Gasteiger partial charge in [-0.1, -0.05) is 30.0 Å². The van der Waals surface area contributed by atoms with E-state index in [9.17, 15) is 4.79 Å². The molecule has 1 aromatic heterocycles. The molecule has 0 aliphatic carbocycles. The Bertz CT molecular complexity index is 1070. The number of carbonyl (C=O) groups is 1. The van der Waals surface area contributed by atoms with Crippen molar-refractivity contribution in [2.24, 2.45) is 0 Å². The molecule has 1 N–H and O–H groups in total. The molecular formula is C22H23N5O3S. The van der Waals surface area contributed by atoms with E-state index in [0.717, 1.165) is 31.1 Å². The van der Waals surface area contributed by atoms with Crippen LogP contribution < -0.4 is 14.8 Å². The van der Waals surface area contributed by atoms with Gasteiger partial charge in [-0.05, 0) is 50.2 Å². The lowest BCUT2D eigenvalue weighted by Gasteiger charge is -2.16. The van der Waals surface area contributed by atoms with Crippen molar-refractivity contribution in [2.75, 3.05) is 31.0 Å². The number of ether oxygens (including phenoxy) is 2. The minimum Gasteiger partial charge on any atom is -0.454 e. The van der Waals surface area contributed by atoms with E-state index in [1.54, 1.807) is 18.2 Å². The van der Waals surface area contributed by atoms with E-state index in [2.05, 4.69) is 25.0 Å². The van der Waals surface area contributed by atoms with Crippen molar-refractivity contribution in [3.63, 3.8) is 0 Å². The van der Waals surface area contributed by atoms with Gasteiger partial charge in [-0.25, -0.2) is 0 Å². The van der Waals surface area contributed by atoms with Crippen molar-refractivity contribution in [1.29, 1.82) is 0 Å². The zero-order valence-electron chi connectivity index (χ0n) is 17.0. The largest absolute Gasteiger partial charge is 0.454 e. The predicted octanol–water partition coefficient (Wildman–Crippen LogP) is 3.32. The van der Waals surface area contributed by atoms with Crippen LogP contribution in [0.4, 0.5) is 5.69 Å². The second-order valence-corrected chi connectivity index (χ2v) is 8.40. The van der Waals surface area contributed by atoms with Gasteiger partial charge < -0.3 is 14.8 Å². The van der Waals surface area contributed by atoms with Crippen LogP contribution in [0.2, 0.25) is 0 Å². The number of carbonyl (C=O) groups excluding carboxylic acids is 1. The molecule has 0 atom stereocenters. The number of nitrogens with zero attached hydrogens (tertiary/aromatic N) is 4. The Morgan fingerprint density at radius 1 is 1.03 bits per heavy atom. The van der Waals surface area contributed by atoms with Gasteiger partial charge in [0.15, 0.2) is 22.5 Å². The molecule has 31 heavy (non-hydrogen) atoms. The summed E-state index contributed by atoms with van der Waals surface area (Å²) in [7, 11) is 0. The third kappa shape index (κ3) is 4.52. The van der Waals surface area contributed by atoms with Gasteiger partial charge in [0.25, 0.3) is 0 Å². The van der Waals surface area contributed by atoms with Crippen LogP contribution in [0.3, 0.4) is 0 Å². The number of para-hydroxylation sites is 1. The van der Waals surface area contributed by atoms with Crippen molar-refractivity contribution < 1.29 is 14.3 Å². The first-order chi connectivity index (χ1) is 15.3. The summed E-state index contributed by atoms with van der Waals surface area (Å²) in [6.45, 7) is 3.13. The zero-order valence-corrected chi connectivity index (χ0v) is 17.8. The molecule has 0 bridgehead atoms. The second-order valence-electron chi connectivity index (χ2n) is 7.46. The average Bonchev–Trinajstić information content (AvgIpc) is 3.54. The minimum absolute atomic E-state index is 0.118. The molecule has 160 valence electrons. The van der Waals surface area contributed by atoms with E-state index < -0.39 is 0 Å². The van der Waals surface area contributed by atoms with E-state index >= 15 is 0 Å². The number of likely N-dealkylation sites (tertiary alicyclic amines) is 1. The fraction of sp³-hybridized carbons (Fsp3) is 0.318. The highest BCUT2D eigenvalue weighted by atomic mass is 32.2. The standard InChI is InChI=1S/C22H23N5O3S/c28-21(23-16-8-9-18-19(12-16)30-15-29-18)14-31-22-25-24-20(13-26-10-4-5-11-26)27(22)17-6-2-1-3-7-17/h1-3,6-9,12H,4-5,10-11,13-15H2,(H,23,28). The number of hydrogen-bond donors (Lipinski definition) is 1. The SMILES string of the molecule is O=C(CSc1nnc(CN2CCCC2)n1-c1ccccc1)Nc1ccc2c(c1)OCO2. The molecular weight excluding hydrogens is 414 g/mol. The molecule has 8 nitrogen and oxygen atoms in total. The fourth-order valence-electron chi connectivity index (χ4n) is 3.77. The molecule has 2 aromatic carbocycles. The number of amides is 1. The monoisotopic (exact) mass is 437 g/mol. The van der Waals surface area contributed by atoms with E-state index in [4.69, 9.17) is 9.47 Å². The van der Waals surface area contributed by atoms with Gasteiger partial charge in [-0.2, -0.15) is 0 Å². The Hall–Kier alpha value is -3.04. The molecule has 1 fully saturated rings. The molecule has 1 amide bonds. The third-order valence-corrected chi connectivity index (χ3v) is 6.20. The topological polar surface area (TPSA) is 81.5 Å². The Morgan fingerprint density at radius 2 is 1.84 bits per heavy atom. The molecule has 1 saturated heterocycles. The van der Waals surface area contributed by atoms with Crippen molar-refractivity contribution >= 4 is 23.4 Å². The van der Waals surface area contributed by atoms with E-state index in [0.29, 0.717) is 22.3 Å². The van der Waals surface area contributed by atoms with Gasteiger partial charge in [0.2, 0.25) is 12.7 Å². The first-order valence-corrected chi connectivity index (χ1v) is 11.3. The molecule has 0 spiro atoms. The summed E-state index contributed by atoms with van der Waals surface area (Å²) in [6, 6.07) is 15.4. The van der Waals surface area contributed by atoms with Gasteiger partial charge >= 0.3 is 0 Å². The fourth-order valence-corrected chi connectivity index (χ4v) is 4.55. The van der Waals surface area contributed by atoms with Crippen LogP contribution in [0.5, 0.6) is 11.5 Å². The molecule has 3 aromatic rings. The Balaban J connectivity index is 1.29. The highest BCUT2D eigenvalue weighted by Gasteiger charge is 2.20. The summed E-state index contributed by atoms with van der Waals surface area (Å²) in [6.07, 6.45) is 2.45. The predicted molar refractivity (Wildman–Crippen MR) is 118 cm³/mol. The van der Waals surface area contributed by atoms with Gasteiger partial charge in [0.05, 0.1) is 12.3 Å². The molecule has 2 aliphatic heterocycles. The molecule has 5 rings (SSSR count). The lowest BCUT2D eigenvalue weighted by atomic mass is 10.3. The van der Waals surface area contributed by atoms with Crippen LogP contribution in [-0.2, 0) is 11.3 Å². The Labute approximate surface area is 184 Å². The maximum absolute atomic E-state index is 12.5. The average molecular weight is 438 g/mol. The maximum atomic E-state index is 12.5. The number of fused-ring (bicyclic) bond motifs is 1. The van der Waals surface area contributed by atoms with Crippen LogP contribution in [0.1, 0.15) is 18.7 Å². The third-order valence-electron chi connectivity index (χ3n) is 5.27. The highest BCUT2D eigenvalue weighted by molar-refractivity contribution is 7.99. The molecule has 0 radical (unpaired) electrons. The number of anilines is 1. The lowest BCUT2D eigenvalue weighted by molar-refractivity contribution is -0.113. The van der Waals surface area contributed by atoms with Crippen molar-refractivity contribution in [2.45, 2.75) is 24.5 Å². The lowest BCUT2D eigenvalue weighted by Crippen LogP contribution is -2.21. The van der Waals surface area contributed by atoms with Crippen LogP contribution in [0, 0.1) is 0 Å². The molecule has 0 saturated carbocycles. The summed E-state index contributed by atoms with van der Waals surface area (Å²) < 4.78 is 12.7. The maximum Gasteiger partial charge on any atom is 0.234 e. The normalized spacial score (nSPS) is 15.4. The van der Waals surface area contributed by atoms with Crippen molar-refractivity contribution in [3.05, 3.63) is 54.4 Å². The van der Waals surface area contributed by atoms with Crippen molar-refractivity contribution in [3.8, 4) is 17.2 Å². The summed E-state index contributed by atoms with van der Waals surface area (Å²) in [4.78, 5) is 14.9. The van der Waals surface area contributed by atoms with Gasteiger partial charge in [0, 0.05) is 17.4 Å². The summed E-state index contributed by atoms with van der Waals surface area (Å²) in [5.74, 6) is 2.33. The van der Waals surface area contributed by atoms with Crippen LogP contribution >= 0.6 is 11.8 Å². The smallest absolute Gasteiger partial charge is 0.234 e. The van der Waals surface area contributed by atoms with Crippen LogP contribution in [0.25, 0.3) is 5.69 Å². The number of rotatable bonds is 7. The number of benzene rings is 2. The number of thioether (sulfide) groups is 1. The summed E-state index contributed by atoms with van der Waals surface area (Å²) in [5, 5.41) is 12.5. The van der Waals surface area contributed by atoms with Crippen LogP contribution in [-0.4, -0.2) is 51.2 Å². The quantitative estimate of drug-likeness (QED) is 0.568. The van der Waals surface area contributed by atoms with E-state index in [-0.39, 0.29) is 18.5 Å². The Morgan fingerprint density at radius 3 is 2.68 bits per heavy atom. The number of nitrogens with one attached hydrogen (secondary N) is 1. The zero-order chi connectivity index (χ0) is 21.0. The van der Waals surface area contributed by atoms with E-state index in [1.807, 2.05) is 30.3 Å². The van der Waals surface area contributed by atoms with Gasteiger partial charge in [-0.3, -0.25) is 14.3 Å².